The molecule has 0 aliphatic heterocycles. The first-order chi connectivity index (χ1) is 13.0. The zero-order chi connectivity index (χ0) is 19.9. The second-order valence-electron chi connectivity index (χ2n) is 11.2. The Morgan fingerprint density at radius 2 is 1.71 bits per heavy atom. The summed E-state index contributed by atoms with van der Waals surface area (Å²) in [6.45, 7) is 4.17. The van der Waals surface area contributed by atoms with Gasteiger partial charge in [-0.25, -0.2) is 5.43 Å². The van der Waals surface area contributed by atoms with Gasteiger partial charge in [-0.15, -0.1) is 0 Å². The maximum atomic E-state index is 13.2. The number of rotatable bonds is 4. The minimum absolute atomic E-state index is 0.0432. The third kappa shape index (κ3) is 2.64. The summed E-state index contributed by atoms with van der Waals surface area (Å²) in [5.41, 5.74) is 2.48. The first-order valence-electron chi connectivity index (χ1n) is 10.9. The van der Waals surface area contributed by atoms with Crippen molar-refractivity contribution in [3.05, 3.63) is 0 Å². The molecule has 0 aromatic heterocycles. The molecule has 2 N–H and O–H groups in total. The van der Waals surface area contributed by atoms with Crippen molar-refractivity contribution in [3.63, 3.8) is 0 Å². The summed E-state index contributed by atoms with van der Waals surface area (Å²) in [6, 6.07) is 0. The first kappa shape index (κ1) is 19.0. The summed E-state index contributed by atoms with van der Waals surface area (Å²) < 4.78 is 33.2. The standard InChI is InChI=1S/C21H32N2O4S/c1-19(2)16-3-4-21(19,12-28(25,26)27)17(8-16)22-23-18(24)20-9-13-5-14(10-20)7-15(6-13)11-20/h13-16H,3-12H2,1-2H3,(H,23,24)(H,25,26,27)/b22-17-/t13?,14?,15?,16-,20?,21+/m0/s1. The molecule has 0 spiro atoms. The van der Waals surface area contributed by atoms with Crippen LogP contribution in [0.1, 0.15) is 71.6 Å². The monoisotopic (exact) mass is 408 g/mol. The summed E-state index contributed by atoms with van der Waals surface area (Å²) in [4.78, 5) is 13.2. The van der Waals surface area contributed by atoms with Crippen molar-refractivity contribution < 1.29 is 17.8 Å². The third-order valence-corrected chi connectivity index (χ3v) is 10.3. The Labute approximate surface area is 167 Å². The van der Waals surface area contributed by atoms with Crippen molar-refractivity contribution in [1.29, 1.82) is 0 Å². The molecule has 28 heavy (non-hydrogen) atoms. The minimum Gasteiger partial charge on any atom is -0.286 e. The molecule has 0 aromatic carbocycles. The van der Waals surface area contributed by atoms with E-state index >= 15 is 0 Å². The molecule has 6 rings (SSSR count). The van der Waals surface area contributed by atoms with Gasteiger partial charge in [0.1, 0.15) is 0 Å². The molecule has 0 unspecified atom stereocenters. The molecule has 156 valence electrons. The van der Waals surface area contributed by atoms with Gasteiger partial charge in [-0.05, 0) is 86.9 Å². The SMILES string of the molecule is CC1(C)[C@H]2CC[C@@]1(CS(=O)(=O)O)/C(=N\NC(=O)C13CC4CC(CC(C4)C1)C3)C2. The van der Waals surface area contributed by atoms with Crippen LogP contribution >= 0.6 is 0 Å². The van der Waals surface area contributed by atoms with E-state index in [0.717, 1.165) is 31.4 Å². The van der Waals surface area contributed by atoms with Gasteiger partial charge in [0, 0.05) is 11.1 Å². The summed E-state index contributed by atoms with van der Waals surface area (Å²) in [6.07, 6.45) is 9.18. The van der Waals surface area contributed by atoms with E-state index in [-0.39, 0.29) is 22.5 Å². The Morgan fingerprint density at radius 3 is 2.21 bits per heavy atom. The van der Waals surface area contributed by atoms with E-state index in [1.54, 1.807) is 0 Å². The maximum Gasteiger partial charge on any atom is 0.265 e. The lowest BCUT2D eigenvalue weighted by atomic mass is 9.49. The van der Waals surface area contributed by atoms with Crippen LogP contribution < -0.4 is 5.43 Å². The topological polar surface area (TPSA) is 95.8 Å². The molecule has 6 aliphatic carbocycles. The van der Waals surface area contributed by atoms with Crippen LogP contribution in [0, 0.1) is 39.9 Å². The second-order valence-corrected chi connectivity index (χ2v) is 12.6. The number of hydrogen-bond donors (Lipinski definition) is 2. The Hall–Kier alpha value is -0.950. The lowest BCUT2D eigenvalue weighted by Gasteiger charge is -2.55. The number of nitrogens with zero attached hydrogens (tertiary/aromatic N) is 1. The molecular formula is C21H32N2O4S. The predicted octanol–water partition coefficient (Wildman–Crippen LogP) is 3.39. The van der Waals surface area contributed by atoms with Gasteiger partial charge in [0.25, 0.3) is 10.1 Å². The van der Waals surface area contributed by atoms with Crippen molar-refractivity contribution in [3.8, 4) is 0 Å². The molecule has 7 heteroatoms. The van der Waals surface area contributed by atoms with Crippen LogP contribution in [0.4, 0.5) is 0 Å². The minimum atomic E-state index is -4.12. The average Bonchev–Trinajstić information content (AvgIpc) is 2.91. The molecular weight excluding hydrogens is 376 g/mol. The number of fused-ring (bicyclic) bond motifs is 2. The van der Waals surface area contributed by atoms with E-state index in [4.69, 9.17) is 0 Å². The smallest absolute Gasteiger partial charge is 0.265 e. The predicted molar refractivity (Wildman–Crippen MR) is 106 cm³/mol. The highest BCUT2D eigenvalue weighted by molar-refractivity contribution is 7.85. The molecule has 0 heterocycles. The lowest BCUT2D eigenvalue weighted by molar-refractivity contribution is -0.146. The fourth-order valence-corrected chi connectivity index (χ4v) is 9.53. The molecule has 0 radical (unpaired) electrons. The Morgan fingerprint density at radius 1 is 1.14 bits per heavy atom. The van der Waals surface area contributed by atoms with Crippen molar-refractivity contribution in [2.45, 2.75) is 71.6 Å². The van der Waals surface area contributed by atoms with Gasteiger partial charge in [0.15, 0.2) is 0 Å². The Bertz CT molecular complexity index is 811. The van der Waals surface area contributed by atoms with Gasteiger partial charge < -0.3 is 0 Å². The van der Waals surface area contributed by atoms with E-state index in [0.29, 0.717) is 36.5 Å². The molecule has 6 nitrogen and oxygen atoms in total. The quantitative estimate of drug-likeness (QED) is 0.550. The summed E-state index contributed by atoms with van der Waals surface area (Å²) in [7, 11) is -4.12. The van der Waals surface area contributed by atoms with Gasteiger partial charge in [0.2, 0.25) is 5.91 Å². The number of nitrogens with one attached hydrogen (secondary N) is 1. The molecule has 0 saturated heterocycles. The van der Waals surface area contributed by atoms with Crippen LogP contribution in [0.15, 0.2) is 5.10 Å². The lowest BCUT2D eigenvalue weighted by Crippen LogP contribution is -2.53. The van der Waals surface area contributed by atoms with Crippen molar-refractivity contribution in [2.24, 2.45) is 45.0 Å². The fourth-order valence-electron chi connectivity index (χ4n) is 8.23. The summed E-state index contributed by atoms with van der Waals surface area (Å²) in [5.74, 6) is 2.17. The number of hydrogen-bond acceptors (Lipinski definition) is 4. The van der Waals surface area contributed by atoms with Gasteiger partial charge in [-0.1, -0.05) is 13.8 Å². The molecule has 0 aromatic rings. The van der Waals surface area contributed by atoms with Crippen LogP contribution in [0.3, 0.4) is 0 Å². The zero-order valence-corrected chi connectivity index (χ0v) is 17.7. The van der Waals surface area contributed by atoms with Gasteiger partial charge in [-0.2, -0.15) is 13.5 Å². The van der Waals surface area contributed by atoms with E-state index < -0.39 is 15.5 Å². The van der Waals surface area contributed by atoms with Crippen molar-refractivity contribution >= 4 is 21.7 Å². The van der Waals surface area contributed by atoms with Crippen LogP contribution in [0.2, 0.25) is 0 Å². The Balaban J connectivity index is 1.40. The van der Waals surface area contributed by atoms with Gasteiger partial charge in [-0.3, -0.25) is 9.35 Å². The number of carbonyl (C=O) groups excluding carboxylic acids is 1. The highest BCUT2D eigenvalue weighted by Crippen LogP contribution is 2.65. The van der Waals surface area contributed by atoms with Crippen molar-refractivity contribution in [2.75, 3.05) is 5.75 Å². The highest BCUT2D eigenvalue weighted by atomic mass is 32.2. The normalized spacial score (nSPS) is 47.0. The van der Waals surface area contributed by atoms with E-state index in [1.807, 2.05) is 0 Å². The fraction of sp³-hybridized carbons (Fsp3) is 0.905. The summed E-state index contributed by atoms with van der Waals surface area (Å²) >= 11 is 0. The largest absolute Gasteiger partial charge is 0.286 e. The molecule has 6 bridgehead atoms. The highest BCUT2D eigenvalue weighted by Gasteiger charge is 2.64. The van der Waals surface area contributed by atoms with Crippen LogP contribution in [-0.4, -0.2) is 30.3 Å². The average molecular weight is 409 g/mol. The van der Waals surface area contributed by atoms with Crippen molar-refractivity contribution in [1.82, 2.24) is 5.43 Å². The summed E-state index contributed by atoms with van der Waals surface area (Å²) in [5, 5.41) is 4.56. The number of amides is 1. The zero-order valence-electron chi connectivity index (χ0n) is 16.9. The van der Waals surface area contributed by atoms with Crippen LogP contribution in [0.5, 0.6) is 0 Å². The molecule has 1 amide bonds. The molecule has 6 fully saturated rings. The van der Waals surface area contributed by atoms with E-state index in [2.05, 4.69) is 24.4 Å². The van der Waals surface area contributed by atoms with Crippen LogP contribution in [-0.2, 0) is 14.9 Å². The van der Waals surface area contributed by atoms with Crippen LogP contribution in [0.25, 0.3) is 0 Å². The third-order valence-electron chi connectivity index (χ3n) is 9.41. The molecule has 6 saturated carbocycles. The van der Waals surface area contributed by atoms with Gasteiger partial charge in [0.05, 0.1) is 11.2 Å². The number of carbonyl (C=O) groups is 1. The Kier molecular flexibility index (Phi) is 3.95. The molecule has 2 atom stereocenters. The molecule has 6 aliphatic rings. The van der Waals surface area contributed by atoms with E-state index in [9.17, 15) is 17.8 Å². The first-order valence-corrected chi connectivity index (χ1v) is 12.5. The number of hydrazone groups is 1. The maximum absolute atomic E-state index is 13.2. The van der Waals surface area contributed by atoms with E-state index in [1.165, 1.54) is 19.3 Å². The van der Waals surface area contributed by atoms with Gasteiger partial charge >= 0.3 is 0 Å². The second kappa shape index (κ2) is 5.81.